The van der Waals surface area contributed by atoms with Crippen molar-refractivity contribution >= 4 is 29.0 Å². The fourth-order valence-electron chi connectivity index (χ4n) is 2.22. The summed E-state index contributed by atoms with van der Waals surface area (Å²) in [5.41, 5.74) is 0. The number of nitrogens with zero attached hydrogens (tertiary/aromatic N) is 5. The summed E-state index contributed by atoms with van der Waals surface area (Å²) < 4.78 is 5.80. The summed E-state index contributed by atoms with van der Waals surface area (Å²) in [6.45, 7) is 1.70. The van der Waals surface area contributed by atoms with Gasteiger partial charge in [0.2, 0.25) is 5.88 Å². The fourth-order valence-corrected chi connectivity index (χ4v) is 2.42. The summed E-state index contributed by atoms with van der Waals surface area (Å²) in [7, 11) is 0. The Labute approximate surface area is 132 Å². The van der Waals surface area contributed by atoms with E-state index in [-0.39, 0.29) is 6.10 Å². The van der Waals surface area contributed by atoms with E-state index in [4.69, 9.17) is 27.9 Å². The molecule has 0 radical (unpaired) electrons. The number of hydrogen-bond donors (Lipinski definition) is 0. The van der Waals surface area contributed by atoms with E-state index in [2.05, 4.69) is 25.3 Å². The number of piperidine rings is 1. The maximum atomic E-state index is 5.80. The van der Waals surface area contributed by atoms with Crippen LogP contribution in [0.3, 0.4) is 0 Å². The predicted molar refractivity (Wildman–Crippen MR) is 79.9 cm³/mol. The second kappa shape index (κ2) is 6.41. The lowest BCUT2D eigenvalue weighted by molar-refractivity contribution is 0.162. The number of ether oxygens (including phenoxy) is 1. The van der Waals surface area contributed by atoms with Crippen molar-refractivity contribution in [2.24, 2.45) is 0 Å². The van der Waals surface area contributed by atoms with Crippen LogP contribution in [0, 0.1) is 0 Å². The summed E-state index contributed by atoms with van der Waals surface area (Å²) >= 11 is 11.4. The molecule has 21 heavy (non-hydrogen) atoms. The molecule has 0 atom stereocenters. The molecule has 0 amide bonds. The molecule has 0 aromatic carbocycles. The second-order valence-electron chi connectivity index (χ2n) is 4.71. The molecule has 1 aliphatic rings. The highest BCUT2D eigenvalue weighted by atomic mass is 35.5. The van der Waals surface area contributed by atoms with E-state index < -0.39 is 0 Å². The molecule has 0 aliphatic carbocycles. The minimum atomic E-state index is 0.122. The van der Waals surface area contributed by atoms with Crippen LogP contribution in [0.15, 0.2) is 24.3 Å². The van der Waals surface area contributed by atoms with Crippen molar-refractivity contribution in [3.05, 3.63) is 34.6 Å². The molecule has 0 N–H and O–H groups in total. The van der Waals surface area contributed by atoms with Gasteiger partial charge in [0.1, 0.15) is 6.10 Å². The third kappa shape index (κ3) is 3.71. The molecule has 1 saturated heterocycles. The average molecular weight is 326 g/mol. The SMILES string of the molecule is Clc1ccc(OC2CCN(c3ccc(Cl)nn3)CC2)nn1. The molecule has 2 aromatic heterocycles. The Morgan fingerprint density at radius 2 is 1.57 bits per heavy atom. The number of hydrogen-bond acceptors (Lipinski definition) is 6. The Balaban J connectivity index is 1.55. The Morgan fingerprint density at radius 3 is 2.14 bits per heavy atom. The highest BCUT2D eigenvalue weighted by molar-refractivity contribution is 6.29. The molecule has 1 fully saturated rings. The Morgan fingerprint density at radius 1 is 0.905 bits per heavy atom. The Hall–Kier alpha value is -1.66. The van der Waals surface area contributed by atoms with E-state index in [1.54, 1.807) is 18.2 Å². The van der Waals surface area contributed by atoms with Crippen LogP contribution in [0.1, 0.15) is 12.8 Å². The maximum absolute atomic E-state index is 5.80. The van der Waals surface area contributed by atoms with Crippen LogP contribution in [0.4, 0.5) is 5.82 Å². The molecule has 6 nitrogen and oxygen atoms in total. The lowest BCUT2D eigenvalue weighted by Gasteiger charge is -2.32. The van der Waals surface area contributed by atoms with Crippen molar-refractivity contribution < 1.29 is 4.74 Å². The molecule has 0 unspecified atom stereocenters. The predicted octanol–water partition coefficient (Wildman–Crippen LogP) is 2.62. The molecule has 0 bridgehead atoms. The summed E-state index contributed by atoms with van der Waals surface area (Å²) in [6, 6.07) is 7.02. The molecule has 3 rings (SSSR count). The maximum Gasteiger partial charge on any atom is 0.233 e. The van der Waals surface area contributed by atoms with Gasteiger partial charge in [-0.15, -0.1) is 20.4 Å². The van der Waals surface area contributed by atoms with Crippen LogP contribution in [0.25, 0.3) is 0 Å². The number of aromatic nitrogens is 4. The highest BCUT2D eigenvalue weighted by Crippen LogP contribution is 2.21. The van der Waals surface area contributed by atoms with Gasteiger partial charge in [0, 0.05) is 32.0 Å². The van der Waals surface area contributed by atoms with Gasteiger partial charge in [0.15, 0.2) is 16.1 Å². The van der Waals surface area contributed by atoms with Crippen molar-refractivity contribution in [2.75, 3.05) is 18.0 Å². The summed E-state index contributed by atoms with van der Waals surface area (Å²) in [6.07, 6.45) is 1.89. The molecule has 0 spiro atoms. The topological polar surface area (TPSA) is 64.0 Å². The third-order valence-electron chi connectivity index (χ3n) is 3.28. The van der Waals surface area contributed by atoms with Gasteiger partial charge in [0.25, 0.3) is 0 Å². The first-order valence-electron chi connectivity index (χ1n) is 6.61. The lowest BCUT2D eigenvalue weighted by Crippen LogP contribution is -2.38. The number of halogens is 2. The fraction of sp³-hybridized carbons (Fsp3) is 0.385. The molecular formula is C13H13Cl2N5O. The van der Waals surface area contributed by atoms with Crippen LogP contribution >= 0.6 is 23.2 Å². The van der Waals surface area contributed by atoms with Crippen molar-refractivity contribution in [1.29, 1.82) is 0 Å². The zero-order valence-corrected chi connectivity index (χ0v) is 12.6. The highest BCUT2D eigenvalue weighted by Gasteiger charge is 2.22. The number of rotatable bonds is 3. The van der Waals surface area contributed by atoms with Gasteiger partial charge in [-0.1, -0.05) is 23.2 Å². The molecule has 8 heteroatoms. The van der Waals surface area contributed by atoms with Gasteiger partial charge >= 0.3 is 0 Å². The molecule has 2 aromatic rings. The quantitative estimate of drug-likeness (QED) is 0.864. The van der Waals surface area contributed by atoms with Crippen LogP contribution < -0.4 is 9.64 Å². The van der Waals surface area contributed by atoms with Crippen LogP contribution in [0.5, 0.6) is 5.88 Å². The van der Waals surface area contributed by atoms with Crippen LogP contribution in [0.2, 0.25) is 10.3 Å². The molecule has 0 saturated carbocycles. The van der Waals surface area contributed by atoms with Gasteiger partial charge in [-0.25, -0.2) is 0 Å². The van der Waals surface area contributed by atoms with E-state index in [9.17, 15) is 0 Å². The summed E-state index contributed by atoms with van der Waals surface area (Å²) in [4.78, 5) is 2.16. The minimum Gasteiger partial charge on any atom is -0.473 e. The minimum absolute atomic E-state index is 0.122. The number of anilines is 1. The standard InChI is InChI=1S/C13H13Cl2N5O/c14-10-1-3-12(18-16-10)20-7-5-9(6-8-20)21-13-4-2-11(15)17-19-13/h1-4,9H,5-8H2. The third-order valence-corrected chi connectivity index (χ3v) is 3.68. The van der Waals surface area contributed by atoms with Crippen molar-refractivity contribution in [1.82, 2.24) is 20.4 Å². The van der Waals surface area contributed by atoms with E-state index in [0.717, 1.165) is 31.7 Å². The van der Waals surface area contributed by atoms with Gasteiger partial charge in [-0.05, 0) is 18.2 Å². The van der Waals surface area contributed by atoms with Crippen LogP contribution in [-0.4, -0.2) is 39.6 Å². The van der Waals surface area contributed by atoms with Crippen LogP contribution in [-0.2, 0) is 0 Å². The van der Waals surface area contributed by atoms with Crippen molar-refractivity contribution in [3.63, 3.8) is 0 Å². The first kappa shape index (κ1) is 14.3. The molecular weight excluding hydrogens is 313 g/mol. The van der Waals surface area contributed by atoms with E-state index in [1.165, 1.54) is 0 Å². The lowest BCUT2D eigenvalue weighted by atomic mass is 10.1. The van der Waals surface area contributed by atoms with E-state index in [0.29, 0.717) is 16.2 Å². The summed E-state index contributed by atoms with van der Waals surface area (Å²) in [5, 5.41) is 16.4. The zero-order chi connectivity index (χ0) is 14.7. The van der Waals surface area contributed by atoms with Gasteiger partial charge in [-0.2, -0.15) is 0 Å². The largest absolute Gasteiger partial charge is 0.473 e. The zero-order valence-electron chi connectivity index (χ0n) is 11.1. The van der Waals surface area contributed by atoms with Gasteiger partial charge in [0.05, 0.1) is 0 Å². The van der Waals surface area contributed by atoms with Gasteiger partial charge in [-0.3, -0.25) is 0 Å². The Bertz CT molecular complexity index is 585. The van der Waals surface area contributed by atoms with E-state index in [1.807, 2.05) is 6.07 Å². The monoisotopic (exact) mass is 325 g/mol. The van der Waals surface area contributed by atoms with Crippen molar-refractivity contribution in [3.8, 4) is 5.88 Å². The molecule has 1 aliphatic heterocycles. The first-order chi connectivity index (χ1) is 10.2. The normalized spacial score (nSPS) is 16.0. The van der Waals surface area contributed by atoms with Crippen molar-refractivity contribution in [2.45, 2.75) is 18.9 Å². The molecule has 3 heterocycles. The second-order valence-corrected chi connectivity index (χ2v) is 5.49. The first-order valence-corrected chi connectivity index (χ1v) is 7.36. The van der Waals surface area contributed by atoms with Gasteiger partial charge < -0.3 is 9.64 Å². The average Bonchev–Trinajstić information content (AvgIpc) is 2.51. The van der Waals surface area contributed by atoms with E-state index >= 15 is 0 Å². The smallest absolute Gasteiger partial charge is 0.233 e. The summed E-state index contributed by atoms with van der Waals surface area (Å²) in [5.74, 6) is 1.34. The molecule has 110 valence electrons. The Kier molecular flexibility index (Phi) is 4.36.